The molecule has 0 spiro atoms. The summed E-state index contributed by atoms with van der Waals surface area (Å²) in [5.74, 6) is -0.834. The largest absolute Gasteiger partial charge is 0.366 e. The molecule has 0 fully saturated rings. The predicted molar refractivity (Wildman–Crippen MR) is 80.0 cm³/mol. The normalized spacial score (nSPS) is 12.3. The first-order valence-electron chi connectivity index (χ1n) is 7.36. The molecule has 0 heterocycles. The Bertz CT molecular complexity index is 434. The van der Waals surface area contributed by atoms with E-state index < -0.39 is 5.91 Å². The minimum atomic E-state index is -0.529. The second kappa shape index (κ2) is 8.69. The van der Waals surface area contributed by atoms with E-state index >= 15 is 0 Å². The zero-order valence-electron chi connectivity index (χ0n) is 12.4. The van der Waals surface area contributed by atoms with E-state index in [0.717, 1.165) is 6.42 Å². The van der Waals surface area contributed by atoms with Crippen molar-refractivity contribution in [2.75, 3.05) is 0 Å². The molecule has 20 heavy (non-hydrogen) atoms. The maximum atomic E-state index is 13.6. The number of carbonyl (C=O) groups is 1. The summed E-state index contributed by atoms with van der Waals surface area (Å²) in [5, 5.41) is 3.29. The maximum Gasteiger partial charge on any atom is 0.248 e. The van der Waals surface area contributed by atoms with Gasteiger partial charge in [-0.1, -0.05) is 32.6 Å². The molecule has 1 aromatic rings. The molecular formula is C16H25FN2O. The summed E-state index contributed by atoms with van der Waals surface area (Å²) >= 11 is 0. The van der Waals surface area contributed by atoms with Gasteiger partial charge in [0.1, 0.15) is 5.82 Å². The Hall–Kier alpha value is -1.42. The van der Waals surface area contributed by atoms with Gasteiger partial charge in [-0.3, -0.25) is 4.79 Å². The monoisotopic (exact) mass is 280 g/mol. The van der Waals surface area contributed by atoms with Crippen LogP contribution in [0.5, 0.6) is 0 Å². The number of halogens is 1. The summed E-state index contributed by atoms with van der Waals surface area (Å²) < 4.78 is 13.6. The molecule has 0 radical (unpaired) electrons. The third-order valence-corrected chi connectivity index (χ3v) is 3.46. The quantitative estimate of drug-likeness (QED) is 0.681. The second-order valence-corrected chi connectivity index (χ2v) is 5.30. The molecule has 0 aliphatic rings. The lowest BCUT2D eigenvalue weighted by molar-refractivity contribution is 0.1000. The SMILES string of the molecule is CCCCCCC(C)NCc1cc(C(N)=O)ccc1F. The summed E-state index contributed by atoms with van der Waals surface area (Å²) in [6.07, 6.45) is 6.01. The van der Waals surface area contributed by atoms with Crippen molar-refractivity contribution in [3.63, 3.8) is 0 Å². The predicted octanol–water partition coefficient (Wildman–Crippen LogP) is 3.37. The van der Waals surface area contributed by atoms with Crippen molar-refractivity contribution in [3.8, 4) is 0 Å². The Balaban J connectivity index is 2.44. The van der Waals surface area contributed by atoms with Crippen LogP contribution in [0.2, 0.25) is 0 Å². The van der Waals surface area contributed by atoms with Gasteiger partial charge in [0.25, 0.3) is 0 Å². The molecule has 3 N–H and O–H groups in total. The van der Waals surface area contributed by atoms with Gasteiger partial charge < -0.3 is 11.1 Å². The molecule has 0 saturated heterocycles. The topological polar surface area (TPSA) is 55.1 Å². The van der Waals surface area contributed by atoms with Gasteiger partial charge >= 0.3 is 0 Å². The molecule has 4 heteroatoms. The van der Waals surface area contributed by atoms with Gasteiger partial charge in [0.2, 0.25) is 5.91 Å². The van der Waals surface area contributed by atoms with Crippen molar-refractivity contribution in [2.24, 2.45) is 5.73 Å². The van der Waals surface area contributed by atoms with Crippen LogP contribution in [0.15, 0.2) is 18.2 Å². The van der Waals surface area contributed by atoms with E-state index in [1.54, 1.807) is 0 Å². The molecule has 1 aromatic carbocycles. The number of hydrogen-bond donors (Lipinski definition) is 2. The standard InChI is InChI=1S/C16H25FN2O/c1-3-4-5-6-7-12(2)19-11-14-10-13(16(18)20)8-9-15(14)17/h8-10,12,19H,3-7,11H2,1-2H3,(H2,18,20). The Morgan fingerprint density at radius 3 is 2.75 bits per heavy atom. The van der Waals surface area contributed by atoms with Gasteiger partial charge in [-0.25, -0.2) is 4.39 Å². The zero-order chi connectivity index (χ0) is 15.0. The molecule has 1 unspecified atom stereocenters. The molecule has 1 rings (SSSR count). The van der Waals surface area contributed by atoms with E-state index in [1.165, 1.54) is 43.9 Å². The summed E-state index contributed by atoms with van der Waals surface area (Å²) in [4.78, 5) is 11.1. The number of carbonyl (C=O) groups excluding carboxylic acids is 1. The number of nitrogens with two attached hydrogens (primary N) is 1. The lowest BCUT2D eigenvalue weighted by Crippen LogP contribution is -2.26. The third kappa shape index (κ3) is 5.70. The Morgan fingerprint density at radius 1 is 1.35 bits per heavy atom. The number of hydrogen-bond acceptors (Lipinski definition) is 2. The minimum Gasteiger partial charge on any atom is -0.366 e. The fourth-order valence-corrected chi connectivity index (χ4v) is 2.13. The van der Waals surface area contributed by atoms with E-state index in [4.69, 9.17) is 5.73 Å². The molecule has 1 atom stereocenters. The lowest BCUT2D eigenvalue weighted by Gasteiger charge is -2.14. The first-order valence-corrected chi connectivity index (χ1v) is 7.36. The van der Waals surface area contributed by atoms with Crippen LogP contribution < -0.4 is 11.1 Å². The molecule has 0 aliphatic carbocycles. The van der Waals surface area contributed by atoms with E-state index in [9.17, 15) is 9.18 Å². The van der Waals surface area contributed by atoms with Crippen molar-refractivity contribution >= 4 is 5.91 Å². The van der Waals surface area contributed by atoms with Gasteiger partial charge in [0.15, 0.2) is 0 Å². The highest BCUT2D eigenvalue weighted by molar-refractivity contribution is 5.92. The molecule has 1 amide bonds. The first-order chi connectivity index (χ1) is 9.54. The number of nitrogens with one attached hydrogen (secondary N) is 1. The summed E-state index contributed by atoms with van der Waals surface area (Å²) in [6, 6.07) is 4.57. The summed E-state index contributed by atoms with van der Waals surface area (Å²) in [5.41, 5.74) is 6.03. The van der Waals surface area contributed by atoms with Crippen LogP contribution in [0.1, 0.15) is 61.9 Å². The Morgan fingerprint density at radius 2 is 2.10 bits per heavy atom. The molecule has 112 valence electrons. The van der Waals surface area contributed by atoms with Crippen LogP contribution in [-0.2, 0) is 6.54 Å². The van der Waals surface area contributed by atoms with Gasteiger partial charge in [-0.2, -0.15) is 0 Å². The number of benzene rings is 1. The molecule has 0 saturated carbocycles. The molecule has 0 bridgehead atoms. The molecule has 0 aliphatic heterocycles. The first kappa shape index (κ1) is 16.6. The van der Waals surface area contributed by atoms with Crippen LogP contribution in [0.4, 0.5) is 4.39 Å². The van der Waals surface area contributed by atoms with Crippen molar-refractivity contribution < 1.29 is 9.18 Å². The van der Waals surface area contributed by atoms with Crippen LogP contribution >= 0.6 is 0 Å². The van der Waals surface area contributed by atoms with Gasteiger partial charge in [0.05, 0.1) is 0 Å². The van der Waals surface area contributed by atoms with Gasteiger partial charge in [0, 0.05) is 23.7 Å². The maximum absolute atomic E-state index is 13.6. The zero-order valence-corrected chi connectivity index (χ0v) is 12.4. The van der Waals surface area contributed by atoms with Crippen molar-refractivity contribution in [3.05, 3.63) is 35.1 Å². The highest BCUT2D eigenvalue weighted by Crippen LogP contribution is 2.11. The van der Waals surface area contributed by atoms with Gasteiger partial charge in [-0.15, -0.1) is 0 Å². The smallest absolute Gasteiger partial charge is 0.248 e. The highest BCUT2D eigenvalue weighted by atomic mass is 19.1. The molecule has 3 nitrogen and oxygen atoms in total. The van der Waals surface area contributed by atoms with Gasteiger partial charge in [-0.05, 0) is 31.5 Å². The summed E-state index contributed by atoms with van der Waals surface area (Å²) in [6.45, 7) is 4.71. The average Bonchev–Trinajstić information content (AvgIpc) is 2.42. The van der Waals surface area contributed by atoms with Crippen molar-refractivity contribution in [1.82, 2.24) is 5.32 Å². The summed E-state index contributed by atoms with van der Waals surface area (Å²) in [7, 11) is 0. The van der Waals surface area contributed by atoms with Crippen LogP contribution in [-0.4, -0.2) is 11.9 Å². The lowest BCUT2D eigenvalue weighted by atomic mass is 10.1. The third-order valence-electron chi connectivity index (χ3n) is 3.46. The van der Waals surface area contributed by atoms with Crippen LogP contribution in [0.25, 0.3) is 0 Å². The molecule has 0 aromatic heterocycles. The average molecular weight is 280 g/mol. The minimum absolute atomic E-state index is 0.305. The van der Waals surface area contributed by atoms with Crippen molar-refractivity contribution in [2.45, 2.75) is 58.5 Å². The Kier molecular flexibility index (Phi) is 7.23. The number of primary amides is 1. The van der Waals surface area contributed by atoms with E-state index in [-0.39, 0.29) is 5.82 Å². The fraction of sp³-hybridized carbons (Fsp3) is 0.562. The van der Waals surface area contributed by atoms with E-state index in [1.807, 2.05) is 0 Å². The molecular weight excluding hydrogens is 255 g/mol. The second-order valence-electron chi connectivity index (χ2n) is 5.30. The Labute approximate surface area is 120 Å². The van der Waals surface area contributed by atoms with Crippen LogP contribution in [0, 0.1) is 5.82 Å². The number of rotatable bonds is 9. The number of unbranched alkanes of at least 4 members (excludes halogenated alkanes) is 3. The van der Waals surface area contributed by atoms with Crippen molar-refractivity contribution in [1.29, 1.82) is 0 Å². The fourth-order valence-electron chi connectivity index (χ4n) is 2.13. The highest BCUT2D eigenvalue weighted by Gasteiger charge is 2.08. The van der Waals surface area contributed by atoms with Crippen LogP contribution in [0.3, 0.4) is 0 Å². The van der Waals surface area contributed by atoms with E-state index in [0.29, 0.717) is 23.7 Å². The number of amides is 1. The van der Waals surface area contributed by atoms with E-state index in [2.05, 4.69) is 19.2 Å².